The zero-order valence-corrected chi connectivity index (χ0v) is 16.8. The van der Waals surface area contributed by atoms with E-state index in [2.05, 4.69) is 10.3 Å². The average molecular weight is 393 g/mol. The lowest BCUT2D eigenvalue weighted by molar-refractivity contribution is -0.131. The molecule has 0 aliphatic carbocycles. The summed E-state index contributed by atoms with van der Waals surface area (Å²) >= 11 is 0. The zero-order valence-electron chi connectivity index (χ0n) is 16.8. The summed E-state index contributed by atoms with van der Waals surface area (Å²) in [7, 11) is 0. The molecule has 7 nitrogen and oxygen atoms in total. The summed E-state index contributed by atoms with van der Waals surface area (Å²) in [5.74, 6) is 1.04. The van der Waals surface area contributed by atoms with Gasteiger partial charge in [0.1, 0.15) is 5.82 Å². The van der Waals surface area contributed by atoms with Gasteiger partial charge in [0.25, 0.3) is 0 Å². The fraction of sp³-hybridized carbons (Fsp3) is 0.409. The van der Waals surface area contributed by atoms with E-state index in [1.807, 2.05) is 58.9 Å². The minimum Gasteiger partial charge on any atom is -0.367 e. The summed E-state index contributed by atoms with van der Waals surface area (Å²) in [6, 6.07) is 12.3. The number of benzene rings is 1. The van der Waals surface area contributed by atoms with Crippen LogP contribution in [0.1, 0.15) is 38.2 Å². The lowest BCUT2D eigenvalue weighted by Crippen LogP contribution is -2.39. The summed E-state index contributed by atoms with van der Waals surface area (Å²) in [6.45, 7) is 4.15. The molecule has 1 unspecified atom stereocenters. The number of amides is 1. The second-order valence-electron chi connectivity index (χ2n) is 7.55. The summed E-state index contributed by atoms with van der Waals surface area (Å²) < 4.78 is 1.86. The molecule has 4 rings (SSSR count). The minimum absolute atomic E-state index is 0.234. The Hall–Kier alpha value is -2.93. The van der Waals surface area contributed by atoms with Gasteiger partial charge >= 0.3 is 0 Å². The number of fused-ring (bicyclic) bond motifs is 1. The fourth-order valence-electron chi connectivity index (χ4n) is 3.93. The van der Waals surface area contributed by atoms with Crippen molar-refractivity contribution >= 4 is 17.4 Å². The quantitative estimate of drug-likeness (QED) is 0.645. The van der Waals surface area contributed by atoms with Crippen LogP contribution in [0.2, 0.25) is 0 Å². The van der Waals surface area contributed by atoms with E-state index in [0.29, 0.717) is 19.5 Å². The van der Waals surface area contributed by atoms with Crippen LogP contribution in [-0.4, -0.2) is 44.5 Å². The molecule has 3 aromatic rings. The van der Waals surface area contributed by atoms with Crippen LogP contribution >= 0.6 is 0 Å². The van der Waals surface area contributed by atoms with Crippen LogP contribution in [0.4, 0.5) is 5.82 Å². The van der Waals surface area contributed by atoms with Crippen molar-refractivity contribution in [3.63, 3.8) is 0 Å². The Labute approximate surface area is 170 Å². The molecule has 1 aliphatic rings. The predicted octanol–water partition coefficient (Wildman–Crippen LogP) is 3.06. The van der Waals surface area contributed by atoms with E-state index in [4.69, 9.17) is 10.8 Å². The van der Waals surface area contributed by atoms with Crippen LogP contribution < -0.4 is 11.1 Å². The normalized spacial score (nSPS) is 16.5. The summed E-state index contributed by atoms with van der Waals surface area (Å²) in [6.07, 6.45) is 5.46. The molecule has 1 saturated heterocycles. The SMILES string of the molecule is CCCC(=O)N1CCCC1CNc1ccc2ncc(-c3ccc(CN)cc3)n2n1. The van der Waals surface area contributed by atoms with Crippen molar-refractivity contribution in [2.75, 3.05) is 18.4 Å². The molecule has 1 fully saturated rings. The minimum atomic E-state index is 0.234. The highest BCUT2D eigenvalue weighted by Crippen LogP contribution is 2.22. The molecule has 3 N–H and O–H groups in total. The van der Waals surface area contributed by atoms with Crippen molar-refractivity contribution in [1.82, 2.24) is 19.5 Å². The van der Waals surface area contributed by atoms with Crippen LogP contribution in [0.15, 0.2) is 42.6 Å². The number of nitrogens with zero attached hydrogens (tertiary/aromatic N) is 4. The van der Waals surface area contributed by atoms with Gasteiger partial charge in [0.2, 0.25) is 5.91 Å². The van der Waals surface area contributed by atoms with Gasteiger partial charge in [0.15, 0.2) is 5.65 Å². The maximum atomic E-state index is 12.3. The van der Waals surface area contributed by atoms with Crippen molar-refractivity contribution < 1.29 is 4.79 Å². The van der Waals surface area contributed by atoms with Gasteiger partial charge in [0, 0.05) is 37.7 Å². The number of rotatable bonds is 7. The Bertz CT molecular complexity index is 981. The predicted molar refractivity (Wildman–Crippen MR) is 114 cm³/mol. The Morgan fingerprint density at radius 3 is 2.83 bits per heavy atom. The first-order valence-electron chi connectivity index (χ1n) is 10.4. The number of aromatic nitrogens is 3. The molecular formula is C22H28N6O. The molecule has 1 amide bonds. The highest BCUT2D eigenvalue weighted by Gasteiger charge is 2.27. The Morgan fingerprint density at radius 2 is 2.07 bits per heavy atom. The third kappa shape index (κ3) is 4.10. The number of nitrogens with two attached hydrogens (primary N) is 1. The van der Waals surface area contributed by atoms with Crippen molar-refractivity contribution in [3.8, 4) is 11.3 Å². The number of carbonyl (C=O) groups excluding carboxylic acids is 1. The average Bonchev–Trinajstić information content (AvgIpc) is 3.39. The van der Waals surface area contributed by atoms with Gasteiger partial charge in [-0.05, 0) is 37.0 Å². The number of hydrogen-bond donors (Lipinski definition) is 2. The van der Waals surface area contributed by atoms with Crippen LogP contribution in [0, 0.1) is 0 Å². The number of carbonyl (C=O) groups is 1. The molecule has 0 radical (unpaired) electrons. The van der Waals surface area contributed by atoms with Gasteiger partial charge < -0.3 is 16.0 Å². The Morgan fingerprint density at radius 1 is 1.24 bits per heavy atom. The molecule has 1 aliphatic heterocycles. The third-order valence-corrected chi connectivity index (χ3v) is 5.53. The molecule has 0 bridgehead atoms. The van der Waals surface area contributed by atoms with E-state index in [0.717, 1.165) is 54.1 Å². The van der Waals surface area contributed by atoms with E-state index < -0.39 is 0 Å². The maximum Gasteiger partial charge on any atom is 0.222 e. The molecule has 29 heavy (non-hydrogen) atoms. The molecule has 1 atom stereocenters. The van der Waals surface area contributed by atoms with E-state index in [9.17, 15) is 4.79 Å². The molecule has 7 heteroatoms. The van der Waals surface area contributed by atoms with E-state index >= 15 is 0 Å². The number of imidazole rings is 1. The first kappa shape index (κ1) is 19.4. The number of likely N-dealkylation sites (tertiary alicyclic amines) is 1. The second kappa shape index (κ2) is 8.61. The third-order valence-electron chi connectivity index (χ3n) is 5.53. The molecule has 3 heterocycles. The van der Waals surface area contributed by atoms with Crippen molar-refractivity contribution in [1.29, 1.82) is 0 Å². The number of hydrogen-bond acceptors (Lipinski definition) is 5. The molecule has 0 spiro atoms. The van der Waals surface area contributed by atoms with Crippen LogP contribution in [0.3, 0.4) is 0 Å². The van der Waals surface area contributed by atoms with Gasteiger partial charge in [0.05, 0.1) is 11.9 Å². The van der Waals surface area contributed by atoms with Crippen LogP contribution in [0.5, 0.6) is 0 Å². The van der Waals surface area contributed by atoms with Gasteiger partial charge in [-0.3, -0.25) is 4.79 Å². The molecular weight excluding hydrogens is 364 g/mol. The highest BCUT2D eigenvalue weighted by molar-refractivity contribution is 5.76. The second-order valence-corrected chi connectivity index (χ2v) is 7.55. The van der Waals surface area contributed by atoms with Crippen molar-refractivity contribution in [2.24, 2.45) is 5.73 Å². The van der Waals surface area contributed by atoms with Crippen LogP contribution in [0.25, 0.3) is 16.9 Å². The topological polar surface area (TPSA) is 88.5 Å². The van der Waals surface area contributed by atoms with Crippen molar-refractivity contribution in [2.45, 2.75) is 45.2 Å². The van der Waals surface area contributed by atoms with Gasteiger partial charge in [-0.2, -0.15) is 0 Å². The van der Waals surface area contributed by atoms with Crippen LogP contribution in [-0.2, 0) is 11.3 Å². The summed E-state index contributed by atoms with van der Waals surface area (Å²) in [4.78, 5) is 18.8. The molecule has 0 saturated carbocycles. The number of anilines is 1. The lowest BCUT2D eigenvalue weighted by atomic mass is 10.1. The van der Waals surface area contributed by atoms with E-state index in [-0.39, 0.29) is 11.9 Å². The highest BCUT2D eigenvalue weighted by atomic mass is 16.2. The zero-order chi connectivity index (χ0) is 20.2. The monoisotopic (exact) mass is 392 g/mol. The lowest BCUT2D eigenvalue weighted by Gasteiger charge is -2.25. The molecule has 1 aromatic carbocycles. The maximum absolute atomic E-state index is 12.3. The summed E-state index contributed by atoms with van der Waals surface area (Å²) in [5.41, 5.74) is 9.58. The molecule has 152 valence electrons. The number of nitrogens with one attached hydrogen (secondary N) is 1. The smallest absolute Gasteiger partial charge is 0.222 e. The van der Waals surface area contributed by atoms with Gasteiger partial charge in [-0.25, -0.2) is 9.50 Å². The van der Waals surface area contributed by atoms with Gasteiger partial charge in [-0.1, -0.05) is 31.2 Å². The van der Waals surface area contributed by atoms with Gasteiger partial charge in [-0.15, -0.1) is 5.10 Å². The first-order chi connectivity index (χ1) is 14.2. The first-order valence-corrected chi connectivity index (χ1v) is 10.4. The van der Waals surface area contributed by atoms with Crippen molar-refractivity contribution in [3.05, 3.63) is 48.2 Å². The Balaban J connectivity index is 1.50. The Kier molecular flexibility index (Phi) is 5.76. The van der Waals surface area contributed by atoms with E-state index in [1.54, 1.807) is 0 Å². The largest absolute Gasteiger partial charge is 0.367 e. The summed E-state index contributed by atoms with van der Waals surface area (Å²) in [5, 5.41) is 8.16. The fourth-order valence-corrected chi connectivity index (χ4v) is 3.93. The molecule has 2 aromatic heterocycles. The standard InChI is InChI=1S/C22H28N6O/c1-2-4-22(29)27-12-3-5-18(27)14-24-20-10-11-21-25-15-19(28(21)26-20)17-8-6-16(13-23)7-9-17/h6-11,15,18H,2-5,12-14,23H2,1H3,(H,24,26). The van der Waals surface area contributed by atoms with E-state index in [1.165, 1.54) is 0 Å².